The fourth-order valence-corrected chi connectivity index (χ4v) is 11.2. The van der Waals surface area contributed by atoms with E-state index in [1.165, 1.54) is 27.7 Å². The van der Waals surface area contributed by atoms with Crippen LogP contribution in [0.3, 0.4) is 0 Å². The first kappa shape index (κ1) is 51.6. The Morgan fingerprint density at radius 3 is 1.49 bits per heavy atom. The molecule has 11 rings (SSSR count). The molecule has 2 aromatic heterocycles. The van der Waals surface area contributed by atoms with Crippen LogP contribution < -0.4 is 0 Å². The molecule has 0 aliphatic carbocycles. The second-order valence-electron chi connectivity index (χ2n) is 20.6. The van der Waals surface area contributed by atoms with Gasteiger partial charge in [0.25, 0.3) is 11.8 Å². The van der Waals surface area contributed by atoms with Crippen LogP contribution >= 0.6 is 0 Å². The van der Waals surface area contributed by atoms with Crippen LogP contribution in [0.5, 0.6) is 0 Å². The van der Waals surface area contributed by atoms with Crippen molar-refractivity contribution in [3.05, 3.63) is 216 Å². The highest BCUT2D eigenvalue weighted by atomic mass is 16.2. The molecular formula is C65H69N9O2. The molecule has 7 aromatic carbocycles. The molecule has 2 amide bonds. The molecule has 2 aliphatic rings. The number of piperazine rings is 2. The van der Waals surface area contributed by atoms with Gasteiger partial charge in [-0.2, -0.15) is 5.26 Å². The quantitative estimate of drug-likeness (QED) is 0.0949. The van der Waals surface area contributed by atoms with Gasteiger partial charge in [0.15, 0.2) is 0 Å². The molecule has 0 N–H and O–H groups in total. The van der Waals surface area contributed by atoms with Crippen LogP contribution in [0.4, 0.5) is 0 Å². The van der Waals surface area contributed by atoms with E-state index in [4.69, 9.17) is 5.26 Å². The molecule has 4 heterocycles. The first-order valence-electron chi connectivity index (χ1n) is 27.3. The Morgan fingerprint density at radius 2 is 0.974 bits per heavy atom. The fraction of sp³-hybridized carbons (Fsp3) is 0.308. The van der Waals surface area contributed by atoms with Crippen molar-refractivity contribution in [3.63, 3.8) is 0 Å². The predicted octanol–water partition coefficient (Wildman–Crippen LogP) is 12.2. The highest BCUT2D eigenvalue weighted by Crippen LogP contribution is 2.27. The highest BCUT2D eigenvalue weighted by molar-refractivity contribution is 6.08. The van der Waals surface area contributed by atoms with Gasteiger partial charge in [-0.25, -0.2) is 9.97 Å². The summed E-state index contributed by atoms with van der Waals surface area (Å²) in [5.74, 6) is 0.276. The maximum Gasteiger partial charge on any atom is 0.254 e. The number of benzene rings is 7. The number of hydrogen-bond acceptors (Lipinski definition) is 7. The van der Waals surface area contributed by atoms with Crippen molar-refractivity contribution < 1.29 is 9.59 Å². The Morgan fingerprint density at radius 1 is 0.513 bits per heavy atom. The number of rotatable bonds is 16. The Bertz CT molecular complexity index is 3430. The number of unbranched alkanes of at least 4 members (excludes halogenated alkanes) is 2. The lowest BCUT2D eigenvalue weighted by molar-refractivity contribution is 0.0425. The van der Waals surface area contributed by atoms with Crippen LogP contribution in [0.2, 0.25) is 0 Å². The summed E-state index contributed by atoms with van der Waals surface area (Å²) in [6, 6.07) is 54.1. The third-order valence-corrected chi connectivity index (χ3v) is 15.5. The Labute approximate surface area is 447 Å². The molecule has 2 atom stereocenters. The monoisotopic (exact) mass is 1010 g/mol. The smallest absolute Gasteiger partial charge is 0.254 e. The van der Waals surface area contributed by atoms with Gasteiger partial charge in [0.05, 0.1) is 35.7 Å². The lowest BCUT2D eigenvalue weighted by Crippen LogP contribution is -2.54. The van der Waals surface area contributed by atoms with Crippen molar-refractivity contribution in [2.45, 2.75) is 90.6 Å². The molecule has 0 bridgehead atoms. The van der Waals surface area contributed by atoms with Crippen molar-refractivity contribution in [2.24, 2.45) is 0 Å². The zero-order valence-corrected chi connectivity index (χ0v) is 44.1. The van der Waals surface area contributed by atoms with E-state index < -0.39 is 0 Å². The normalized spacial score (nSPS) is 16.2. The summed E-state index contributed by atoms with van der Waals surface area (Å²) in [6.07, 6.45) is 14.5. The molecule has 76 heavy (non-hydrogen) atoms. The van der Waals surface area contributed by atoms with Gasteiger partial charge in [-0.05, 0) is 86.6 Å². The van der Waals surface area contributed by atoms with Gasteiger partial charge in [0.1, 0.15) is 0 Å². The van der Waals surface area contributed by atoms with Crippen molar-refractivity contribution in [2.75, 3.05) is 39.3 Å². The van der Waals surface area contributed by atoms with Crippen LogP contribution in [0, 0.1) is 11.3 Å². The highest BCUT2D eigenvalue weighted by Gasteiger charge is 2.32. The maximum absolute atomic E-state index is 13.7. The van der Waals surface area contributed by atoms with Gasteiger partial charge in [0, 0.05) is 101 Å². The third kappa shape index (κ3) is 12.1. The molecular weight excluding hydrogens is 939 g/mol. The number of fused-ring (bicyclic) bond motifs is 3. The number of nitriles is 1. The molecule has 0 unspecified atom stereocenters. The van der Waals surface area contributed by atoms with Gasteiger partial charge in [-0.15, -0.1) is 0 Å². The Balaban J connectivity index is 0.000000173. The second-order valence-corrected chi connectivity index (χ2v) is 20.6. The molecule has 11 nitrogen and oxygen atoms in total. The summed E-state index contributed by atoms with van der Waals surface area (Å²) in [6.45, 7) is 12.3. The van der Waals surface area contributed by atoms with Gasteiger partial charge in [-0.1, -0.05) is 161 Å². The molecule has 0 spiro atoms. The van der Waals surface area contributed by atoms with Gasteiger partial charge in [0.2, 0.25) is 0 Å². The minimum atomic E-state index is 0.129. The average Bonchev–Trinajstić information content (AvgIpc) is 4.13. The van der Waals surface area contributed by atoms with Crippen molar-refractivity contribution in [1.82, 2.24) is 38.7 Å². The van der Waals surface area contributed by atoms with Gasteiger partial charge >= 0.3 is 0 Å². The van der Waals surface area contributed by atoms with E-state index in [0.717, 1.165) is 136 Å². The van der Waals surface area contributed by atoms with E-state index in [-0.39, 0.29) is 11.8 Å². The number of aromatic nitrogens is 4. The van der Waals surface area contributed by atoms with Gasteiger partial charge in [-0.3, -0.25) is 19.4 Å². The largest absolute Gasteiger partial charge is 0.336 e. The van der Waals surface area contributed by atoms with E-state index in [9.17, 15) is 9.59 Å². The molecule has 0 saturated carbocycles. The van der Waals surface area contributed by atoms with Crippen LogP contribution in [0.25, 0.3) is 32.3 Å². The zero-order chi connectivity index (χ0) is 52.2. The second kappa shape index (κ2) is 24.6. The summed E-state index contributed by atoms with van der Waals surface area (Å²) in [5, 5.41) is 15.9. The Hall–Kier alpha value is -7.91. The van der Waals surface area contributed by atoms with Gasteiger partial charge < -0.3 is 18.9 Å². The number of amides is 2. The van der Waals surface area contributed by atoms with Crippen molar-refractivity contribution >= 4 is 44.1 Å². The summed E-state index contributed by atoms with van der Waals surface area (Å²) < 4.78 is 4.46. The molecule has 2 fully saturated rings. The first-order valence-corrected chi connectivity index (χ1v) is 27.3. The van der Waals surface area contributed by atoms with Crippen LogP contribution in [0.1, 0.15) is 101 Å². The van der Waals surface area contributed by atoms with E-state index >= 15 is 0 Å². The number of nitrogens with zero attached hydrogens (tertiary/aromatic N) is 9. The average molecular weight is 1010 g/mol. The lowest BCUT2D eigenvalue weighted by atomic mass is 10.0. The fourth-order valence-electron chi connectivity index (χ4n) is 11.2. The van der Waals surface area contributed by atoms with E-state index in [2.05, 4.69) is 127 Å². The van der Waals surface area contributed by atoms with E-state index in [0.29, 0.717) is 24.2 Å². The van der Waals surface area contributed by atoms with E-state index in [1.54, 1.807) is 0 Å². The van der Waals surface area contributed by atoms with Crippen molar-refractivity contribution in [3.8, 4) is 6.07 Å². The number of carbonyl (C=O) groups excluding carboxylic acids is 2. The summed E-state index contributed by atoms with van der Waals surface area (Å²) in [7, 11) is 0. The molecule has 0 radical (unpaired) electrons. The predicted molar refractivity (Wildman–Crippen MR) is 305 cm³/mol. The minimum Gasteiger partial charge on any atom is -0.336 e. The minimum absolute atomic E-state index is 0.129. The Kier molecular flexibility index (Phi) is 16.7. The van der Waals surface area contributed by atoms with Crippen LogP contribution in [0.15, 0.2) is 177 Å². The molecule has 2 saturated heterocycles. The standard InChI is InChI=1S/C34H36N4O.C31H33N5O/c1-2-3-13-30-23-37(34(39)33-15-8-12-28-10-6-7-14-32(28)33)19-18-36(30)24-31-21-35-25-38(31)22-26-16-17-27-9-4-5-11-29(27)20-26;1-2-3-9-27-21-35(31(37)30-11-6-8-26-7-4-5-10-29(26)30)17-16-34(27)22-28-19-33-23-36(28)20-25-14-12-24(18-32)13-15-25/h4-12,14-17,20-21,25,30H,2-3,13,18-19,22-24H2,1H3;4-8,10-15,19,23,27H,2-3,9,16-17,20-22H2,1H3/t30-;27-/m00/s1. The summed E-state index contributed by atoms with van der Waals surface area (Å²) >= 11 is 0. The first-order chi connectivity index (χ1) is 37.3. The van der Waals surface area contributed by atoms with Crippen LogP contribution in [-0.4, -0.2) is 102 Å². The molecule has 386 valence electrons. The number of hydrogen-bond donors (Lipinski definition) is 0. The summed E-state index contributed by atoms with van der Waals surface area (Å²) in [5.41, 5.74) is 7.08. The van der Waals surface area contributed by atoms with E-state index in [1.807, 2.05) is 109 Å². The van der Waals surface area contributed by atoms with Crippen LogP contribution in [-0.2, 0) is 26.2 Å². The maximum atomic E-state index is 13.7. The number of carbonyl (C=O) groups is 2. The number of imidazole rings is 2. The molecule has 9 aromatic rings. The zero-order valence-electron chi connectivity index (χ0n) is 44.1. The lowest BCUT2D eigenvalue weighted by Gasteiger charge is -2.41. The third-order valence-electron chi connectivity index (χ3n) is 15.5. The topological polar surface area (TPSA) is 107 Å². The SMILES string of the molecule is CCCC[C@H]1CN(C(=O)c2cccc3ccccc23)CCN1Cc1cncn1Cc1ccc(C#N)cc1.CCCC[C@H]1CN(C(=O)c2cccc3ccccc23)CCN1Cc1cncn1Cc1ccc2ccccc2c1. The molecule has 11 heteroatoms. The summed E-state index contributed by atoms with van der Waals surface area (Å²) in [4.78, 5) is 45.5. The molecule has 2 aliphatic heterocycles. The van der Waals surface area contributed by atoms with Crippen molar-refractivity contribution in [1.29, 1.82) is 5.26 Å².